The first-order valence-electron chi connectivity index (χ1n) is 9.12. The molecule has 3 aromatic carbocycles. The Hall–Kier alpha value is -3.03. The van der Waals surface area contributed by atoms with Gasteiger partial charge in [-0.1, -0.05) is 29.8 Å². The van der Waals surface area contributed by atoms with Crippen LogP contribution in [0.5, 0.6) is 5.75 Å². The van der Waals surface area contributed by atoms with Crippen molar-refractivity contribution in [1.29, 1.82) is 0 Å². The molecular formula is C22H21ClN2O4S. The van der Waals surface area contributed by atoms with Crippen LogP contribution in [0, 0.1) is 13.8 Å². The van der Waals surface area contributed by atoms with Crippen molar-refractivity contribution in [3.63, 3.8) is 0 Å². The van der Waals surface area contributed by atoms with E-state index in [1.807, 2.05) is 26.0 Å². The Morgan fingerprint density at radius 1 is 0.967 bits per heavy atom. The Bertz CT molecular complexity index is 1160. The molecule has 0 unspecified atom stereocenters. The number of aryl methyl sites for hydroxylation is 2. The summed E-state index contributed by atoms with van der Waals surface area (Å²) in [7, 11) is -3.73. The highest BCUT2D eigenvalue weighted by Gasteiger charge is 2.15. The number of carbonyl (C=O) groups is 1. The third-order valence-electron chi connectivity index (χ3n) is 4.34. The quantitative estimate of drug-likeness (QED) is 0.549. The average Bonchev–Trinajstić information content (AvgIpc) is 2.71. The molecule has 0 spiro atoms. The minimum atomic E-state index is -3.73. The zero-order chi connectivity index (χ0) is 21.7. The summed E-state index contributed by atoms with van der Waals surface area (Å²) in [6, 6.07) is 18.2. The summed E-state index contributed by atoms with van der Waals surface area (Å²) in [5.41, 5.74) is 2.65. The van der Waals surface area contributed by atoms with Crippen LogP contribution in [0.2, 0.25) is 5.02 Å². The lowest BCUT2D eigenvalue weighted by molar-refractivity contribution is -0.118. The monoisotopic (exact) mass is 444 g/mol. The molecule has 1 amide bonds. The van der Waals surface area contributed by atoms with Crippen molar-refractivity contribution < 1.29 is 17.9 Å². The lowest BCUT2D eigenvalue weighted by Gasteiger charge is -2.11. The number of hydrogen-bond acceptors (Lipinski definition) is 4. The third kappa shape index (κ3) is 5.52. The average molecular weight is 445 g/mol. The van der Waals surface area contributed by atoms with E-state index in [1.54, 1.807) is 30.3 Å². The molecule has 0 fully saturated rings. The molecule has 0 aliphatic carbocycles. The predicted molar refractivity (Wildman–Crippen MR) is 119 cm³/mol. The van der Waals surface area contributed by atoms with Crippen molar-refractivity contribution in [2.24, 2.45) is 0 Å². The molecule has 0 radical (unpaired) electrons. The van der Waals surface area contributed by atoms with Crippen LogP contribution in [-0.2, 0) is 14.8 Å². The highest BCUT2D eigenvalue weighted by atomic mass is 35.5. The molecule has 3 rings (SSSR count). The number of amides is 1. The number of ether oxygens (including phenoxy) is 1. The first-order valence-corrected chi connectivity index (χ1v) is 11.0. The van der Waals surface area contributed by atoms with Gasteiger partial charge in [-0.05, 0) is 73.5 Å². The molecular weight excluding hydrogens is 424 g/mol. The summed E-state index contributed by atoms with van der Waals surface area (Å²) in [5, 5.41) is 3.29. The van der Waals surface area contributed by atoms with Crippen LogP contribution < -0.4 is 14.8 Å². The molecule has 156 valence electrons. The van der Waals surface area contributed by atoms with Crippen LogP contribution in [-0.4, -0.2) is 20.9 Å². The second kappa shape index (κ2) is 9.19. The molecule has 0 saturated heterocycles. The summed E-state index contributed by atoms with van der Waals surface area (Å²) in [6.45, 7) is 3.48. The summed E-state index contributed by atoms with van der Waals surface area (Å²) in [5.74, 6) is 0.173. The van der Waals surface area contributed by atoms with Crippen molar-refractivity contribution in [3.05, 3.63) is 82.9 Å². The van der Waals surface area contributed by atoms with Gasteiger partial charge >= 0.3 is 0 Å². The summed E-state index contributed by atoms with van der Waals surface area (Å²) >= 11 is 5.97. The summed E-state index contributed by atoms with van der Waals surface area (Å²) < 4.78 is 33.2. The van der Waals surface area contributed by atoms with Gasteiger partial charge in [0.25, 0.3) is 15.9 Å². The van der Waals surface area contributed by atoms with E-state index in [4.69, 9.17) is 16.3 Å². The molecule has 6 nitrogen and oxygen atoms in total. The van der Waals surface area contributed by atoms with Crippen molar-refractivity contribution in [2.75, 3.05) is 16.6 Å². The lowest BCUT2D eigenvalue weighted by Crippen LogP contribution is -2.20. The number of benzene rings is 3. The molecule has 0 atom stereocenters. The smallest absolute Gasteiger partial charge is 0.262 e. The maximum atomic E-state index is 12.6. The fraction of sp³-hybridized carbons (Fsp3) is 0.136. The van der Waals surface area contributed by atoms with Gasteiger partial charge in [0, 0.05) is 10.7 Å². The summed E-state index contributed by atoms with van der Waals surface area (Å²) in [4.78, 5) is 12.2. The predicted octanol–water partition coefficient (Wildman–Crippen LogP) is 4.78. The number of para-hydroxylation sites is 1. The first kappa shape index (κ1) is 21.7. The molecule has 0 aliphatic rings. The van der Waals surface area contributed by atoms with E-state index in [9.17, 15) is 13.2 Å². The molecule has 30 heavy (non-hydrogen) atoms. The highest BCUT2D eigenvalue weighted by Crippen LogP contribution is 2.22. The Morgan fingerprint density at radius 2 is 1.67 bits per heavy atom. The van der Waals surface area contributed by atoms with Gasteiger partial charge in [-0.25, -0.2) is 8.42 Å². The van der Waals surface area contributed by atoms with Crippen LogP contribution >= 0.6 is 11.6 Å². The molecule has 8 heteroatoms. The van der Waals surface area contributed by atoms with Gasteiger partial charge in [-0.3, -0.25) is 9.52 Å². The Labute approximate surface area is 180 Å². The molecule has 0 saturated carbocycles. The van der Waals surface area contributed by atoms with E-state index in [-0.39, 0.29) is 17.4 Å². The zero-order valence-electron chi connectivity index (χ0n) is 16.5. The lowest BCUT2D eigenvalue weighted by atomic mass is 10.2. The zero-order valence-corrected chi connectivity index (χ0v) is 18.0. The topological polar surface area (TPSA) is 84.5 Å². The van der Waals surface area contributed by atoms with Gasteiger partial charge in [0.2, 0.25) is 0 Å². The molecule has 0 bridgehead atoms. The molecule has 2 N–H and O–H groups in total. The standard InChI is InChI=1S/C22H21ClN2O4S/c1-15-5-3-4-6-21(15)25-30(27,28)19-10-7-17(8-11-19)24-22(26)14-29-18-9-12-20(23)16(2)13-18/h3-13,25H,14H2,1-2H3,(H,24,26). The highest BCUT2D eigenvalue weighted by molar-refractivity contribution is 7.92. The van der Waals surface area contributed by atoms with E-state index in [0.29, 0.717) is 22.1 Å². The minimum absolute atomic E-state index is 0.0941. The van der Waals surface area contributed by atoms with E-state index in [1.165, 1.54) is 24.3 Å². The normalized spacial score (nSPS) is 11.0. The Kier molecular flexibility index (Phi) is 6.64. The first-order chi connectivity index (χ1) is 14.2. The maximum Gasteiger partial charge on any atom is 0.262 e. The van der Waals surface area contributed by atoms with E-state index in [0.717, 1.165) is 11.1 Å². The van der Waals surface area contributed by atoms with Crippen molar-refractivity contribution in [1.82, 2.24) is 0 Å². The van der Waals surface area contributed by atoms with Crippen LogP contribution in [0.3, 0.4) is 0 Å². The number of sulfonamides is 1. The third-order valence-corrected chi connectivity index (χ3v) is 6.14. The summed E-state index contributed by atoms with van der Waals surface area (Å²) in [6.07, 6.45) is 0. The molecule has 0 heterocycles. The molecule has 0 aliphatic heterocycles. The second-order valence-corrected chi connectivity index (χ2v) is 8.78. The van der Waals surface area contributed by atoms with Gasteiger partial charge in [-0.2, -0.15) is 0 Å². The fourth-order valence-corrected chi connectivity index (χ4v) is 3.91. The van der Waals surface area contributed by atoms with Crippen molar-refractivity contribution in [2.45, 2.75) is 18.7 Å². The van der Waals surface area contributed by atoms with Gasteiger partial charge in [-0.15, -0.1) is 0 Å². The largest absolute Gasteiger partial charge is 0.484 e. The van der Waals surface area contributed by atoms with E-state index in [2.05, 4.69) is 10.0 Å². The van der Waals surface area contributed by atoms with Gasteiger partial charge in [0.05, 0.1) is 10.6 Å². The van der Waals surface area contributed by atoms with E-state index < -0.39 is 10.0 Å². The number of rotatable bonds is 7. The van der Waals surface area contributed by atoms with E-state index >= 15 is 0 Å². The maximum absolute atomic E-state index is 12.6. The fourth-order valence-electron chi connectivity index (χ4n) is 2.66. The minimum Gasteiger partial charge on any atom is -0.484 e. The van der Waals surface area contributed by atoms with Crippen LogP contribution in [0.25, 0.3) is 0 Å². The SMILES string of the molecule is Cc1cc(OCC(=O)Nc2ccc(S(=O)(=O)Nc3ccccc3C)cc2)ccc1Cl. The number of nitrogens with one attached hydrogen (secondary N) is 2. The van der Waals surface area contributed by atoms with Gasteiger partial charge in [0.15, 0.2) is 6.61 Å². The Morgan fingerprint density at radius 3 is 2.33 bits per heavy atom. The molecule has 0 aromatic heterocycles. The van der Waals surface area contributed by atoms with Crippen LogP contribution in [0.1, 0.15) is 11.1 Å². The van der Waals surface area contributed by atoms with Crippen molar-refractivity contribution in [3.8, 4) is 5.75 Å². The second-order valence-electron chi connectivity index (χ2n) is 6.69. The van der Waals surface area contributed by atoms with Gasteiger partial charge < -0.3 is 10.1 Å². The number of halogens is 1. The number of hydrogen-bond donors (Lipinski definition) is 2. The van der Waals surface area contributed by atoms with Gasteiger partial charge in [0.1, 0.15) is 5.75 Å². The van der Waals surface area contributed by atoms with Crippen molar-refractivity contribution >= 4 is 38.9 Å². The van der Waals surface area contributed by atoms with Crippen LogP contribution in [0.4, 0.5) is 11.4 Å². The number of anilines is 2. The molecule has 3 aromatic rings. The number of carbonyl (C=O) groups excluding carboxylic acids is 1. The Balaban J connectivity index is 1.60. The van der Waals surface area contributed by atoms with Crippen LogP contribution in [0.15, 0.2) is 71.6 Å².